The minimum atomic E-state index is -0.787. The number of rotatable bonds is 2. The third-order valence-corrected chi connectivity index (χ3v) is 1.11. The van der Waals surface area contributed by atoms with Crippen LogP contribution in [-0.2, 0) is 19.0 Å². The average molecular weight is 172 g/mol. The minimum absolute atomic E-state index is 0.00233. The van der Waals surface area contributed by atoms with Crippen LogP contribution in [0.4, 0.5) is 4.79 Å². The van der Waals surface area contributed by atoms with Crippen LogP contribution >= 0.6 is 0 Å². The largest absolute Gasteiger partial charge is 0.514 e. The molecule has 0 radical (unpaired) electrons. The second-order valence-corrected chi connectivity index (χ2v) is 2.00. The fraction of sp³-hybridized carbons (Fsp3) is 0.429. The number of esters is 1. The molecule has 66 valence electrons. The molecule has 0 unspecified atom stereocenters. The minimum Gasteiger partial charge on any atom is -0.463 e. The molecule has 0 N–H and O–H groups in total. The summed E-state index contributed by atoms with van der Waals surface area (Å²) >= 11 is 0. The Morgan fingerprint density at radius 2 is 2.50 bits per heavy atom. The van der Waals surface area contributed by atoms with Gasteiger partial charge in [-0.3, -0.25) is 0 Å². The standard InChI is InChI=1S/C7H8O5/c1-2-10-6(8)3-5-4-11-7(9)12-5/h3H,2,4H2,1H3/b5-3+. The number of carbonyl (C=O) groups excluding carboxylic acids is 2. The van der Waals surface area contributed by atoms with E-state index in [-0.39, 0.29) is 19.0 Å². The van der Waals surface area contributed by atoms with Crippen LogP contribution in [0.15, 0.2) is 11.8 Å². The van der Waals surface area contributed by atoms with Gasteiger partial charge in [0.1, 0.15) is 0 Å². The van der Waals surface area contributed by atoms with E-state index in [2.05, 4.69) is 14.2 Å². The number of carbonyl (C=O) groups is 2. The summed E-state index contributed by atoms with van der Waals surface area (Å²) in [6, 6.07) is 0. The fourth-order valence-corrected chi connectivity index (χ4v) is 0.683. The van der Waals surface area contributed by atoms with E-state index in [0.29, 0.717) is 0 Å². The first-order chi connectivity index (χ1) is 5.72. The van der Waals surface area contributed by atoms with E-state index in [1.54, 1.807) is 6.92 Å². The summed E-state index contributed by atoms with van der Waals surface area (Å²) in [6.45, 7) is 1.97. The molecule has 1 rings (SSSR count). The van der Waals surface area contributed by atoms with E-state index < -0.39 is 12.1 Å². The van der Waals surface area contributed by atoms with Crippen LogP contribution in [0.25, 0.3) is 0 Å². The maximum absolute atomic E-state index is 10.8. The molecule has 0 bridgehead atoms. The average Bonchev–Trinajstić information content (AvgIpc) is 2.36. The highest BCUT2D eigenvalue weighted by atomic mass is 16.8. The van der Waals surface area contributed by atoms with Gasteiger partial charge in [0.2, 0.25) is 0 Å². The van der Waals surface area contributed by atoms with E-state index in [9.17, 15) is 9.59 Å². The second kappa shape index (κ2) is 3.75. The second-order valence-electron chi connectivity index (χ2n) is 2.00. The molecule has 0 aromatic heterocycles. The van der Waals surface area contributed by atoms with E-state index in [4.69, 9.17) is 0 Å². The van der Waals surface area contributed by atoms with Crippen molar-refractivity contribution in [2.45, 2.75) is 6.92 Å². The van der Waals surface area contributed by atoms with Crippen molar-refractivity contribution in [3.8, 4) is 0 Å². The van der Waals surface area contributed by atoms with Crippen molar-refractivity contribution in [3.63, 3.8) is 0 Å². The SMILES string of the molecule is CCOC(=O)/C=C1\COC(=O)O1. The van der Waals surface area contributed by atoms with Crippen molar-refractivity contribution in [2.24, 2.45) is 0 Å². The first-order valence-electron chi connectivity index (χ1n) is 3.44. The van der Waals surface area contributed by atoms with Gasteiger partial charge in [0.15, 0.2) is 12.4 Å². The van der Waals surface area contributed by atoms with Crippen molar-refractivity contribution in [2.75, 3.05) is 13.2 Å². The van der Waals surface area contributed by atoms with E-state index in [1.807, 2.05) is 0 Å². The summed E-state index contributed by atoms with van der Waals surface area (Å²) in [5.74, 6) is -0.357. The van der Waals surface area contributed by atoms with Crippen molar-refractivity contribution < 1.29 is 23.8 Å². The summed E-state index contributed by atoms with van der Waals surface area (Å²) in [7, 11) is 0. The molecule has 1 fully saturated rings. The molecule has 0 aliphatic carbocycles. The smallest absolute Gasteiger partial charge is 0.463 e. The number of ether oxygens (including phenoxy) is 3. The predicted molar refractivity (Wildman–Crippen MR) is 37.1 cm³/mol. The van der Waals surface area contributed by atoms with Gasteiger partial charge in [0.05, 0.1) is 12.7 Å². The van der Waals surface area contributed by atoms with Crippen LogP contribution < -0.4 is 0 Å². The van der Waals surface area contributed by atoms with Crippen LogP contribution in [0.5, 0.6) is 0 Å². The molecular formula is C7H8O5. The lowest BCUT2D eigenvalue weighted by atomic mass is 10.4. The van der Waals surface area contributed by atoms with Gasteiger partial charge in [-0.25, -0.2) is 9.59 Å². The monoisotopic (exact) mass is 172 g/mol. The van der Waals surface area contributed by atoms with Crippen molar-refractivity contribution in [1.82, 2.24) is 0 Å². The zero-order chi connectivity index (χ0) is 8.97. The molecule has 1 aliphatic rings. The molecule has 0 aromatic rings. The van der Waals surface area contributed by atoms with Crippen molar-refractivity contribution in [3.05, 3.63) is 11.8 Å². The Balaban J connectivity index is 2.46. The van der Waals surface area contributed by atoms with Gasteiger partial charge in [0.25, 0.3) is 0 Å². The highest BCUT2D eigenvalue weighted by Crippen LogP contribution is 2.09. The van der Waals surface area contributed by atoms with Gasteiger partial charge in [-0.05, 0) is 6.92 Å². The summed E-state index contributed by atoms with van der Waals surface area (Å²) in [5.41, 5.74) is 0. The van der Waals surface area contributed by atoms with E-state index in [0.717, 1.165) is 6.08 Å². The third kappa shape index (κ3) is 2.26. The van der Waals surface area contributed by atoms with E-state index >= 15 is 0 Å². The first-order valence-corrected chi connectivity index (χ1v) is 3.44. The zero-order valence-corrected chi connectivity index (χ0v) is 6.53. The quantitative estimate of drug-likeness (QED) is 0.450. The van der Waals surface area contributed by atoms with Crippen molar-refractivity contribution in [1.29, 1.82) is 0 Å². The Hall–Kier alpha value is -1.52. The molecule has 0 atom stereocenters. The van der Waals surface area contributed by atoms with Gasteiger partial charge < -0.3 is 14.2 Å². The first kappa shape index (κ1) is 8.58. The summed E-state index contributed by atoms with van der Waals surface area (Å²) in [4.78, 5) is 21.1. The normalized spacial score (nSPS) is 18.8. The number of cyclic esters (lactones) is 2. The lowest BCUT2D eigenvalue weighted by Gasteiger charge is -1.94. The molecule has 12 heavy (non-hydrogen) atoms. The summed E-state index contributed by atoms with van der Waals surface area (Å²) in [5, 5.41) is 0. The van der Waals surface area contributed by atoms with Gasteiger partial charge in [-0.15, -0.1) is 0 Å². The lowest BCUT2D eigenvalue weighted by molar-refractivity contribution is -0.137. The molecule has 0 amide bonds. The summed E-state index contributed by atoms with van der Waals surface area (Å²) in [6.07, 6.45) is 0.305. The summed E-state index contributed by atoms with van der Waals surface area (Å²) < 4.78 is 13.5. The van der Waals surface area contributed by atoms with Crippen LogP contribution in [0.3, 0.4) is 0 Å². The van der Waals surface area contributed by atoms with Gasteiger partial charge in [-0.2, -0.15) is 0 Å². The highest BCUT2D eigenvalue weighted by Gasteiger charge is 2.19. The predicted octanol–water partition coefficient (Wildman–Crippen LogP) is 0.600. The highest BCUT2D eigenvalue weighted by molar-refractivity contribution is 5.83. The van der Waals surface area contributed by atoms with Crippen LogP contribution in [0, 0.1) is 0 Å². The van der Waals surface area contributed by atoms with Crippen LogP contribution in [-0.4, -0.2) is 25.3 Å². The molecular weight excluding hydrogens is 164 g/mol. The molecule has 5 heteroatoms. The molecule has 0 saturated carbocycles. The number of hydrogen-bond acceptors (Lipinski definition) is 5. The van der Waals surface area contributed by atoms with Gasteiger partial charge in [-0.1, -0.05) is 0 Å². The Morgan fingerprint density at radius 3 is 3.00 bits per heavy atom. The molecule has 1 aliphatic heterocycles. The third-order valence-electron chi connectivity index (χ3n) is 1.11. The molecule has 1 saturated heterocycles. The fourth-order valence-electron chi connectivity index (χ4n) is 0.683. The Labute approximate surface area is 68.9 Å². The van der Waals surface area contributed by atoms with Gasteiger partial charge >= 0.3 is 12.1 Å². The molecule has 5 nitrogen and oxygen atoms in total. The molecule has 1 heterocycles. The Bertz CT molecular complexity index is 230. The Morgan fingerprint density at radius 1 is 1.75 bits per heavy atom. The van der Waals surface area contributed by atoms with Crippen LogP contribution in [0.1, 0.15) is 6.92 Å². The molecule has 0 aromatic carbocycles. The van der Waals surface area contributed by atoms with Gasteiger partial charge in [0, 0.05) is 0 Å². The molecule has 0 spiro atoms. The topological polar surface area (TPSA) is 61.8 Å². The Kier molecular flexibility index (Phi) is 2.68. The number of hydrogen-bond donors (Lipinski definition) is 0. The zero-order valence-electron chi connectivity index (χ0n) is 6.53. The maximum Gasteiger partial charge on any atom is 0.514 e. The van der Waals surface area contributed by atoms with Crippen molar-refractivity contribution >= 4 is 12.1 Å². The maximum atomic E-state index is 10.8. The van der Waals surface area contributed by atoms with E-state index in [1.165, 1.54) is 0 Å². The van der Waals surface area contributed by atoms with Crippen LogP contribution in [0.2, 0.25) is 0 Å². The lowest BCUT2D eigenvalue weighted by Crippen LogP contribution is -2.01.